The molecular formula is C33H30O10S. The Labute approximate surface area is 257 Å². The molecule has 1 aliphatic rings. The standard InChI is InChI=1S/C33H30O10S/c1-18(33-23(34)17-28(35)44-33)19-6-9-21(10-7-19)41-12-13-42-32-30(36)29-26(40-5)15-22(37-2)16-27(29)43-31(32)20-8-11-24(38-3)25(14-20)39-4/h6-11,14-16H,12-13,17H2,1-5H3/b33-18-. The lowest BCUT2D eigenvalue weighted by Crippen LogP contribution is -2.16. The van der Waals surface area contributed by atoms with Crippen LogP contribution < -0.4 is 33.8 Å². The number of benzene rings is 3. The normalized spacial score (nSPS) is 14.0. The zero-order valence-electron chi connectivity index (χ0n) is 24.8. The second-order valence-electron chi connectivity index (χ2n) is 9.61. The van der Waals surface area contributed by atoms with Crippen LogP contribution in [0.15, 0.2) is 68.7 Å². The van der Waals surface area contributed by atoms with E-state index in [4.69, 9.17) is 32.8 Å². The van der Waals surface area contributed by atoms with Gasteiger partial charge in [0.05, 0.1) is 39.8 Å². The van der Waals surface area contributed by atoms with Crippen LogP contribution in [0.25, 0.3) is 27.9 Å². The molecule has 0 aliphatic carbocycles. The summed E-state index contributed by atoms with van der Waals surface area (Å²) in [6, 6.07) is 15.5. The van der Waals surface area contributed by atoms with Gasteiger partial charge in [-0.15, -0.1) is 0 Å². The minimum atomic E-state index is -0.429. The van der Waals surface area contributed by atoms with E-state index >= 15 is 0 Å². The summed E-state index contributed by atoms with van der Waals surface area (Å²) in [6.07, 6.45) is -0.0667. The third-order valence-corrected chi connectivity index (χ3v) is 8.10. The van der Waals surface area contributed by atoms with Gasteiger partial charge >= 0.3 is 0 Å². The lowest BCUT2D eigenvalue weighted by molar-refractivity contribution is -0.119. The first-order chi connectivity index (χ1) is 21.3. The largest absolute Gasteiger partial charge is 0.496 e. The maximum Gasteiger partial charge on any atom is 0.239 e. The fourth-order valence-electron chi connectivity index (χ4n) is 4.76. The average molecular weight is 619 g/mol. The van der Waals surface area contributed by atoms with E-state index in [1.54, 1.807) is 42.5 Å². The molecule has 11 heteroatoms. The predicted octanol–water partition coefficient (Wildman–Crippen LogP) is 5.92. The average Bonchev–Trinajstić information content (AvgIpc) is 3.39. The zero-order chi connectivity index (χ0) is 31.4. The first-order valence-corrected chi connectivity index (χ1v) is 14.4. The predicted molar refractivity (Wildman–Crippen MR) is 166 cm³/mol. The number of fused-ring (bicyclic) bond motifs is 1. The van der Waals surface area contributed by atoms with Crippen molar-refractivity contribution in [1.29, 1.82) is 0 Å². The Kier molecular flexibility index (Phi) is 9.15. The topological polar surface area (TPSA) is 120 Å². The zero-order valence-corrected chi connectivity index (χ0v) is 25.6. The Bertz CT molecular complexity index is 1820. The number of ether oxygens (including phenoxy) is 6. The number of thioether (sulfide) groups is 1. The van der Waals surface area contributed by atoms with Gasteiger partial charge in [0.15, 0.2) is 23.0 Å². The van der Waals surface area contributed by atoms with Crippen molar-refractivity contribution in [1.82, 2.24) is 0 Å². The molecule has 0 amide bonds. The molecule has 1 aromatic heterocycles. The summed E-state index contributed by atoms with van der Waals surface area (Å²) in [4.78, 5) is 38.1. The molecule has 10 nitrogen and oxygen atoms in total. The molecule has 0 N–H and O–H groups in total. The van der Waals surface area contributed by atoms with Crippen molar-refractivity contribution in [2.45, 2.75) is 13.3 Å². The van der Waals surface area contributed by atoms with Crippen LogP contribution in [0, 0.1) is 0 Å². The second kappa shape index (κ2) is 13.2. The van der Waals surface area contributed by atoms with Crippen LogP contribution in [0.5, 0.6) is 34.5 Å². The fourth-order valence-corrected chi connectivity index (χ4v) is 5.65. The highest BCUT2D eigenvalue weighted by molar-refractivity contribution is 8.18. The van der Waals surface area contributed by atoms with Gasteiger partial charge in [-0.1, -0.05) is 12.1 Å². The highest BCUT2D eigenvalue weighted by atomic mass is 32.2. The van der Waals surface area contributed by atoms with Crippen molar-refractivity contribution in [3.8, 4) is 45.8 Å². The highest BCUT2D eigenvalue weighted by Crippen LogP contribution is 2.39. The molecule has 0 spiro atoms. The molecule has 1 saturated heterocycles. The van der Waals surface area contributed by atoms with Crippen molar-refractivity contribution >= 4 is 39.2 Å². The molecule has 0 atom stereocenters. The van der Waals surface area contributed by atoms with Gasteiger partial charge in [-0.2, -0.15) is 0 Å². The van der Waals surface area contributed by atoms with Crippen LogP contribution in [0.3, 0.4) is 0 Å². The molecule has 4 aromatic rings. The molecule has 0 unspecified atom stereocenters. The second-order valence-corrected chi connectivity index (χ2v) is 10.7. The Morgan fingerprint density at radius 3 is 2.11 bits per heavy atom. The van der Waals surface area contributed by atoms with Crippen molar-refractivity contribution in [2.75, 3.05) is 41.7 Å². The molecular weight excluding hydrogens is 588 g/mol. The van der Waals surface area contributed by atoms with Gasteiger partial charge in [-0.25, -0.2) is 0 Å². The number of hydrogen-bond acceptors (Lipinski definition) is 11. The van der Waals surface area contributed by atoms with Gasteiger partial charge < -0.3 is 32.8 Å². The molecule has 5 rings (SSSR count). The first kappa shape index (κ1) is 30.6. The molecule has 0 saturated carbocycles. The van der Waals surface area contributed by atoms with E-state index in [1.807, 2.05) is 19.1 Å². The highest BCUT2D eigenvalue weighted by Gasteiger charge is 2.28. The van der Waals surface area contributed by atoms with Gasteiger partial charge in [0.2, 0.25) is 16.3 Å². The first-order valence-electron chi connectivity index (χ1n) is 13.5. The summed E-state index contributed by atoms with van der Waals surface area (Å²) in [5, 5.41) is 0.0614. The third-order valence-electron chi connectivity index (χ3n) is 6.99. The van der Waals surface area contributed by atoms with Crippen molar-refractivity contribution < 1.29 is 42.4 Å². The summed E-state index contributed by atoms with van der Waals surface area (Å²) in [6.45, 7) is 1.96. The van der Waals surface area contributed by atoms with Crippen molar-refractivity contribution in [3.05, 3.63) is 75.3 Å². The Morgan fingerprint density at radius 1 is 0.773 bits per heavy atom. The van der Waals surface area contributed by atoms with Crippen molar-refractivity contribution in [2.24, 2.45) is 0 Å². The molecule has 2 heterocycles. The Balaban J connectivity index is 1.41. The molecule has 228 valence electrons. The third kappa shape index (κ3) is 6.09. The van der Waals surface area contributed by atoms with Gasteiger partial charge in [-0.05, 0) is 60.2 Å². The van der Waals surface area contributed by atoms with Crippen LogP contribution in [0.1, 0.15) is 18.9 Å². The summed E-state index contributed by atoms with van der Waals surface area (Å²) in [5.41, 5.74) is 1.92. The van der Waals surface area contributed by atoms with E-state index in [9.17, 15) is 14.4 Å². The van der Waals surface area contributed by atoms with Crippen LogP contribution in [-0.2, 0) is 9.59 Å². The van der Waals surface area contributed by atoms with E-state index in [0.29, 0.717) is 33.5 Å². The number of allylic oxidation sites excluding steroid dienone is 2. The quantitative estimate of drug-likeness (QED) is 0.113. The van der Waals surface area contributed by atoms with Gasteiger partial charge in [0.25, 0.3) is 0 Å². The number of carbonyl (C=O) groups excluding carboxylic acids is 2. The van der Waals surface area contributed by atoms with E-state index < -0.39 is 5.43 Å². The summed E-state index contributed by atoms with van der Waals surface area (Å²) >= 11 is 0.987. The van der Waals surface area contributed by atoms with Crippen LogP contribution in [0.2, 0.25) is 0 Å². The molecule has 0 bridgehead atoms. The molecule has 1 aliphatic heterocycles. The van der Waals surface area contributed by atoms with Crippen LogP contribution in [-0.4, -0.2) is 52.6 Å². The SMILES string of the molecule is COc1cc(OC)c2c(=O)c(OCCOc3ccc(/C(C)=C4\SC(=O)CC4=O)cc3)c(-c3ccc(OC)c(OC)c3)oc2c1. The summed E-state index contributed by atoms with van der Waals surface area (Å²) in [5.74, 6) is 2.26. The lowest BCUT2D eigenvalue weighted by atomic mass is 10.1. The minimum Gasteiger partial charge on any atom is -0.496 e. The number of carbonyl (C=O) groups is 2. The number of methoxy groups -OCH3 is 4. The molecule has 44 heavy (non-hydrogen) atoms. The van der Waals surface area contributed by atoms with Crippen LogP contribution in [0.4, 0.5) is 0 Å². The van der Waals surface area contributed by atoms with Gasteiger partial charge in [0.1, 0.15) is 41.4 Å². The van der Waals surface area contributed by atoms with Crippen LogP contribution >= 0.6 is 11.8 Å². The summed E-state index contributed by atoms with van der Waals surface area (Å²) in [7, 11) is 6.01. The van der Waals surface area contributed by atoms with Crippen molar-refractivity contribution in [3.63, 3.8) is 0 Å². The molecule has 0 radical (unpaired) electrons. The smallest absolute Gasteiger partial charge is 0.239 e. The monoisotopic (exact) mass is 618 g/mol. The maximum atomic E-state index is 13.8. The Morgan fingerprint density at radius 2 is 1.48 bits per heavy atom. The fraction of sp³-hybridized carbons (Fsp3) is 0.242. The van der Waals surface area contributed by atoms with E-state index in [0.717, 1.165) is 22.9 Å². The Hall–Kier alpha value is -4.90. The van der Waals surface area contributed by atoms with E-state index in [2.05, 4.69) is 0 Å². The number of ketones is 1. The summed E-state index contributed by atoms with van der Waals surface area (Å²) < 4.78 is 39.8. The number of rotatable bonds is 11. The maximum absolute atomic E-state index is 13.8. The molecule has 1 fully saturated rings. The van der Waals surface area contributed by atoms with E-state index in [-0.39, 0.29) is 58.8 Å². The van der Waals surface area contributed by atoms with Gasteiger partial charge in [0, 0.05) is 17.7 Å². The number of hydrogen-bond donors (Lipinski definition) is 0. The molecule has 3 aromatic carbocycles. The minimum absolute atomic E-state index is 0.0209. The van der Waals surface area contributed by atoms with Gasteiger partial charge in [-0.3, -0.25) is 14.4 Å². The van der Waals surface area contributed by atoms with E-state index in [1.165, 1.54) is 28.4 Å². The lowest BCUT2D eigenvalue weighted by Gasteiger charge is -2.15. The number of Topliss-reactive ketones (excluding diaryl/α,β-unsaturated/α-hetero) is 1.